The molecule has 0 amide bonds. The van der Waals surface area contributed by atoms with Crippen LogP contribution >= 0.6 is 0 Å². The number of benzene rings is 2. The van der Waals surface area contributed by atoms with E-state index < -0.39 is 0 Å². The van der Waals surface area contributed by atoms with Crippen LogP contribution in [-0.2, 0) is 30.3 Å². The summed E-state index contributed by atoms with van der Waals surface area (Å²) in [5.41, 5.74) is 7.58. The Kier molecular flexibility index (Phi) is 3.54. The molecular formula is C20H17IrN2O-. The van der Waals surface area contributed by atoms with Crippen molar-refractivity contribution in [2.45, 2.75) is 25.4 Å². The molecule has 5 rings (SSSR count). The zero-order valence-electron chi connectivity index (χ0n) is 13.5. The third kappa shape index (κ3) is 2.21. The summed E-state index contributed by atoms with van der Waals surface area (Å²) in [7, 11) is 0. The maximum absolute atomic E-state index is 5.45. The molecule has 1 unspecified atom stereocenters. The predicted molar refractivity (Wildman–Crippen MR) is 88.7 cm³/mol. The first-order valence-electron chi connectivity index (χ1n) is 7.97. The second kappa shape index (κ2) is 5.38. The van der Waals surface area contributed by atoms with Crippen molar-refractivity contribution in [2.75, 3.05) is 6.61 Å². The second-order valence-corrected chi connectivity index (χ2v) is 6.85. The third-order valence-corrected chi connectivity index (χ3v) is 5.07. The first-order chi connectivity index (χ1) is 11.1. The van der Waals surface area contributed by atoms with E-state index in [0.29, 0.717) is 6.10 Å². The average Bonchev–Trinajstić information content (AvgIpc) is 3.22. The van der Waals surface area contributed by atoms with Crippen LogP contribution in [-0.4, -0.2) is 16.4 Å². The van der Waals surface area contributed by atoms with Crippen molar-refractivity contribution in [2.24, 2.45) is 0 Å². The van der Waals surface area contributed by atoms with Crippen LogP contribution in [0.2, 0.25) is 0 Å². The predicted octanol–water partition coefficient (Wildman–Crippen LogP) is 4.05. The van der Waals surface area contributed by atoms with Gasteiger partial charge in [-0.15, -0.1) is 17.2 Å². The largest absolute Gasteiger partial charge is 0.368 e. The van der Waals surface area contributed by atoms with Crippen LogP contribution in [0.1, 0.15) is 36.6 Å². The fourth-order valence-electron chi connectivity index (χ4n) is 3.66. The molecule has 1 atom stereocenters. The minimum Gasteiger partial charge on any atom is -0.368 e. The Hall–Kier alpha value is -1.74. The fraction of sp³-hybridized carbons (Fsp3) is 0.250. The van der Waals surface area contributed by atoms with Crippen LogP contribution in [0.3, 0.4) is 0 Å². The maximum Gasteiger partial charge on any atom is 0.106 e. The van der Waals surface area contributed by atoms with Crippen LogP contribution in [0.4, 0.5) is 0 Å². The molecule has 0 N–H and O–H groups in total. The number of epoxide rings is 1. The van der Waals surface area contributed by atoms with E-state index in [1.165, 1.54) is 27.8 Å². The Morgan fingerprint density at radius 3 is 2.71 bits per heavy atom. The van der Waals surface area contributed by atoms with Crippen LogP contribution in [0, 0.1) is 6.07 Å². The van der Waals surface area contributed by atoms with Crippen molar-refractivity contribution in [3.05, 3.63) is 71.5 Å². The Morgan fingerprint density at radius 2 is 2.00 bits per heavy atom. The normalized spacial score (nSPS) is 19.3. The van der Waals surface area contributed by atoms with Gasteiger partial charge in [-0.05, 0) is 28.3 Å². The number of hydrogen-bond donors (Lipinski definition) is 0. The van der Waals surface area contributed by atoms with E-state index in [2.05, 4.69) is 55.3 Å². The smallest absolute Gasteiger partial charge is 0.106 e. The molecular weight excluding hydrogens is 476 g/mol. The summed E-state index contributed by atoms with van der Waals surface area (Å²) in [5, 5.41) is 4.32. The number of rotatable bonds is 2. The fourth-order valence-corrected chi connectivity index (χ4v) is 3.66. The van der Waals surface area contributed by atoms with Gasteiger partial charge in [-0.1, -0.05) is 37.6 Å². The number of aromatic nitrogens is 2. The van der Waals surface area contributed by atoms with Gasteiger partial charge >= 0.3 is 0 Å². The molecule has 1 radical (unpaired) electrons. The summed E-state index contributed by atoms with van der Waals surface area (Å²) in [5.74, 6) is 0. The van der Waals surface area contributed by atoms with Gasteiger partial charge in [-0.2, -0.15) is 17.2 Å². The van der Waals surface area contributed by atoms with Gasteiger partial charge in [0.05, 0.1) is 6.61 Å². The van der Waals surface area contributed by atoms with E-state index >= 15 is 0 Å². The summed E-state index contributed by atoms with van der Waals surface area (Å²) < 4.78 is 7.31. The second-order valence-electron chi connectivity index (χ2n) is 6.85. The molecule has 2 aliphatic rings. The van der Waals surface area contributed by atoms with Crippen molar-refractivity contribution < 1.29 is 24.8 Å². The van der Waals surface area contributed by atoms with Gasteiger partial charge in [-0.3, -0.25) is 4.68 Å². The molecule has 2 aromatic carbocycles. The molecule has 0 spiro atoms. The van der Waals surface area contributed by atoms with E-state index in [1.807, 2.05) is 16.9 Å². The van der Waals surface area contributed by atoms with Gasteiger partial charge < -0.3 is 4.74 Å². The topological polar surface area (TPSA) is 30.4 Å². The Bertz CT molecular complexity index is 911. The maximum atomic E-state index is 5.45. The SMILES string of the molecule is CC1(C)c2cc(-n3cccn3)[c-]cc2-c2ccc(C3CO3)cc21.[Ir]. The summed E-state index contributed by atoms with van der Waals surface area (Å²) in [6.45, 7) is 5.44. The van der Waals surface area contributed by atoms with Crippen molar-refractivity contribution >= 4 is 0 Å². The van der Waals surface area contributed by atoms with Gasteiger partial charge in [0.1, 0.15) is 6.10 Å². The molecule has 0 bridgehead atoms. The molecule has 1 aromatic heterocycles. The van der Waals surface area contributed by atoms with Gasteiger partial charge in [-0.25, -0.2) is 0 Å². The number of hydrogen-bond acceptors (Lipinski definition) is 2. The molecule has 1 fully saturated rings. The Labute approximate surface area is 155 Å². The van der Waals surface area contributed by atoms with E-state index in [0.717, 1.165) is 12.3 Å². The molecule has 2 heterocycles. The van der Waals surface area contributed by atoms with Crippen LogP contribution in [0.15, 0.2) is 48.8 Å². The van der Waals surface area contributed by atoms with Crippen LogP contribution in [0.25, 0.3) is 16.8 Å². The number of nitrogens with zero attached hydrogens (tertiary/aromatic N) is 2. The average molecular weight is 494 g/mol. The molecule has 4 heteroatoms. The molecule has 3 nitrogen and oxygen atoms in total. The van der Waals surface area contributed by atoms with E-state index in [9.17, 15) is 0 Å². The summed E-state index contributed by atoms with van der Waals surface area (Å²) in [6, 6.07) is 16.4. The van der Waals surface area contributed by atoms with E-state index in [1.54, 1.807) is 6.20 Å². The van der Waals surface area contributed by atoms with Crippen molar-refractivity contribution in [3.8, 4) is 16.8 Å². The number of ether oxygens (including phenoxy) is 1. The van der Waals surface area contributed by atoms with Crippen LogP contribution < -0.4 is 0 Å². The number of fused-ring (bicyclic) bond motifs is 3. The molecule has 24 heavy (non-hydrogen) atoms. The van der Waals surface area contributed by atoms with Crippen molar-refractivity contribution in [1.29, 1.82) is 0 Å². The van der Waals surface area contributed by atoms with Gasteiger partial charge in [0.2, 0.25) is 0 Å². The third-order valence-electron chi connectivity index (χ3n) is 5.07. The minimum absolute atomic E-state index is 0. The molecule has 1 aliphatic carbocycles. The van der Waals surface area contributed by atoms with E-state index in [4.69, 9.17) is 4.74 Å². The summed E-state index contributed by atoms with van der Waals surface area (Å²) in [4.78, 5) is 0. The van der Waals surface area contributed by atoms with Crippen molar-refractivity contribution in [3.63, 3.8) is 0 Å². The zero-order chi connectivity index (χ0) is 15.6. The standard InChI is InChI=1S/C20H17N2O.Ir/c1-20(2)17-10-13(19-12-23-19)4-6-15(17)16-7-5-14(11-18(16)20)22-9-3-8-21-22;/h3-4,6-11,19H,12H2,1-2H3;/q-1;. The molecule has 1 saturated heterocycles. The first kappa shape index (κ1) is 15.8. The Morgan fingerprint density at radius 1 is 1.21 bits per heavy atom. The van der Waals surface area contributed by atoms with Gasteiger partial charge in [0, 0.05) is 32.5 Å². The van der Waals surface area contributed by atoms with Crippen LogP contribution in [0.5, 0.6) is 0 Å². The van der Waals surface area contributed by atoms with Crippen molar-refractivity contribution in [1.82, 2.24) is 9.78 Å². The molecule has 3 aromatic rings. The first-order valence-corrected chi connectivity index (χ1v) is 7.97. The van der Waals surface area contributed by atoms with Gasteiger partial charge in [0.25, 0.3) is 0 Å². The zero-order valence-corrected chi connectivity index (χ0v) is 15.9. The summed E-state index contributed by atoms with van der Waals surface area (Å²) in [6.07, 6.45) is 4.05. The molecule has 0 saturated carbocycles. The van der Waals surface area contributed by atoms with Gasteiger partial charge in [0.15, 0.2) is 0 Å². The molecule has 1 aliphatic heterocycles. The Balaban J connectivity index is 0.00000146. The minimum atomic E-state index is -0.0213. The quantitative estimate of drug-likeness (QED) is 0.399. The summed E-state index contributed by atoms with van der Waals surface area (Å²) >= 11 is 0. The monoisotopic (exact) mass is 494 g/mol. The molecule has 123 valence electrons. The van der Waals surface area contributed by atoms with E-state index in [-0.39, 0.29) is 25.5 Å².